The molecule has 0 atom stereocenters. The van der Waals surface area contributed by atoms with Gasteiger partial charge in [-0.25, -0.2) is 0 Å². The van der Waals surface area contributed by atoms with Crippen molar-refractivity contribution in [3.8, 4) is 5.75 Å². The molecule has 1 N–H and O–H groups in total. The first-order valence-electron chi connectivity index (χ1n) is 15.8. The topological polar surface area (TPSA) is 71.8 Å². The molecule has 1 heterocycles. The van der Waals surface area contributed by atoms with Crippen molar-refractivity contribution in [1.29, 1.82) is 0 Å². The van der Waals surface area contributed by atoms with Gasteiger partial charge in [0.05, 0.1) is 19.7 Å². The maximum atomic E-state index is 12.4. The van der Waals surface area contributed by atoms with Gasteiger partial charge in [0.25, 0.3) is 0 Å². The summed E-state index contributed by atoms with van der Waals surface area (Å²) in [6.07, 6.45) is 7.18. The normalized spacial score (nSPS) is 10.2. The molecule has 0 aliphatic carbocycles. The minimum atomic E-state index is -0.127. The molecule has 3 rings (SSSR count). The van der Waals surface area contributed by atoms with Gasteiger partial charge in [-0.05, 0) is 86.8 Å². The number of halogens is 1. The zero-order chi connectivity index (χ0) is 32.5. The standard InChI is InChI=1S/C26H33FN2O3S.C5H10O.2C2H6/c1-3-12-29(2)18-22-16-24(30)25(19-32-22)31-13-5-4-6-14-33-26-9-7-8-21-15-20(17-28-27)10-11-23(21)26;1-3-4-5(2)6;2*1-2/h7-11,15-16,19,28H,3-6,12-14,17-18H2,1-2H3;3-4H2,1-2H3;2*1-2H3. The third kappa shape index (κ3) is 17.3. The minimum absolute atomic E-state index is 0.127. The second kappa shape index (κ2) is 25.8. The number of rotatable bonds is 16. The molecule has 0 spiro atoms. The molecule has 0 saturated heterocycles. The van der Waals surface area contributed by atoms with Crippen LogP contribution in [0.3, 0.4) is 0 Å². The monoisotopic (exact) mass is 618 g/mol. The van der Waals surface area contributed by atoms with Gasteiger partial charge < -0.3 is 13.9 Å². The number of nitrogens with zero attached hydrogens (tertiary/aromatic N) is 1. The highest BCUT2D eigenvalue weighted by Gasteiger charge is 2.07. The van der Waals surface area contributed by atoms with Gasteiger partial charge >= 0.3 is 0 Å². The first kappa shape index (κ1) is 40.3. The molecule has 0 unspecified atom stereocenters. The lowest BCUT2D eigenvalue weighted by molar-refractivity contribution is -0.117. The summed E-state index contributed by atoms with van der Waals surface area (Å²) in [6.45, 7) is 16.0. The SMILES string of the molecule is CC.CC.CCCC(C)=O.CCCN(C)Cc1cc(=O)c(OCCCCCSc2cccc3cc(CNF)ccc23)co1. The number of ketones is 1. The number of benzene rings is 2. The molecule has 0 radical (unpaired) electrons. The zero-order valence-electron chi connectivity index (χ0n) is 27.8. The van der Waals surface area contributed by atoms with E-state index in [0.29, 0.717) is 18.9 Å². The number of hydrogen-bond acceptors (Lipinski definition) is 7. The van der Waals surface area contributed by atoms with Crippen LogP contribution in [-0.4, -0.2) is 36.6 Å². The summed E-state index contributed by atoms with van der Waals surface area (Å²) >= 11 is 1.84. The highest BCUT2D eigenvalue weighted by atomic mass is 32.2. The van der Waals surface area contributed by atoms with Crippen LogP contribution in [0, 0.1) is 0 Å². The quantitative estimate of drug-likeness (QED) is 0.0974. The van der Waals surface area contributed by atoms with Gasteiger partial charge in [-0.2, -0.15) is 5.54 Å². The number of nitrogens with one attached hydrogen (secondary N) is 1. The second-order valence-electron chi connectivity index (χ2n) is 9.64. The Hall–Kier alpha value is -2.68. The van der Waals surface area contributed by atoms with Crippen LogP contribution in [-0.2, 0) is 17.9 Å². The number of ether oxygens (including phenoxy) is 1. The summed E-state index contributed by atoms with van der Waals surface area (Å²) in [4.78, 5) is 25.6. The van der Waals surface area contributed by atoms with E-state index >= 15 is 0 Å². The number of unbranched alkanes of at least 4 members (excludes halogenated alkanes) is 2. The van der Waals surface area contributed by atoms with Gasteiger partial charge in [-0.1, -0.05) is 65.8 Å². The lowest BCUT2D eigenvalue weighted by atomic mass is 10.1. The smallest absolute Gasteiger partial charge is 0.227 e. The average molecular weight is 619 g/mol. The van der Waals surface area contributed by atoms with Crippen LogP contribution in [0.4, 0.5) is 4.48 Å². The van der Waals surface area contributed by atoms with Crippen molar-refractivity contribution in [2.45, 2.75) is 105 Å². The molecule has 2 aromatic carbocycles. The Labute approximate surface area is 263 Å². The summed E-state index contributed by atoms with van der Waals surface area (Å²) < 4.78 is 23.6. The molecule has 3 aromatic rings. The lowest BCUT2D eigenvalue weighted by Crippen LogP contribution is -2.19. The molecular formula is C35H55FN2O4S. The highest BCUT2D eigenvalue weighted by Crippen LogP contribution is 2.29. The van der Waals surface area contributed by atoms with E-state index < -0.39 is 0 Å². The van der Waals surface area contributed by atoms with Gasteiger partial charge in [0.2, 0.25) is 11.2 Å². The van der Waals surface area contributed by atoms with E-state index in [9.17, 15) is 14.1 Å². The minimum Gasteiger partial charge on any atom is -0.487 e. The van der Waals surface area contributed by atoms with E-state index in [1.165, 1.54) is 22.6 Å². The van der Waals surface area contributed by atoms with Crippen LogP contribution >= 0.6 is 11.8 Å². The van der Waals surface area contributed by atoms with Crippen LogP contribution in [0.2, 0.25) is 0 Å². The van der Waals surface area contributed by atoms with E-state index in [0.717, 1.165) is 61.8 Å². The maximum Gasteiger partial charge on any atom is 0.227 e. The second-order valence-corrected chi connectivity index (χ2v) is 10.8. The van der Waals surface area contributed by atoms with Gasteiger partial charge in [0, 0.05) is 17.4 Å². The molecular weight excluding hydrogens is 563 g/mol. The first-order valence-corrected chi connectivity index (χ1v) is 16.8. The molecule has 0 saturated carbocycles. The zero-order valence-corrected chi connectivity index (χ0v) is 28.6. The first-order chi connectivity index (χ1) is 20.9. The van der Waals surface area contributed by atoms with Gasteiger partial charge in [0.15, 0.2) is 0 Å². The van der Waals surface area contributed by atoms with E-state index in [2.05, 4.69) is 30.0 Å². The van der Waals surface area contributed by atoms with Crippen LogP contribution < -0.4 is 15.7 Å². The van der Waals surface area contributed by atoms with Gasteiger partial charge in [-0.3, -0.25) is 9.69 Å². The number of carbonyl (C=O) groups excluding carboxylic acids is 1. The summed E-state index contributed by atoms with van der Waals surface area (Å²) in [5.74, 6) is 2.24. The van der Waals surface area contributed by atoms with Crippen molar-refractivity contribution in [3.05, 3.63) is 70.3 Å². The summed E-state index contributed by atoms with van der Waals surface area (Å²) in [6, 6.07) is 13.8. The van der Waals surface area contributed by atoms with Crippen molar-refractivity contribution >= 4 is 28.3 Å². The fourth-order valence-corrected chi connectivity index (χ4v) is 5.15. The molecule has 0 aliphatic heterocycles. The van der Waals surface area contributed by atoms with Crippen molar-refractivity contribution < 1.29 is 18.4 Å². The summed E-state index contributed by atoms with van der Waals surface area (Å²) in [5.41, 5.74) is 2.51. The fraction of sp³-hybridized carbons (Fsp3) is 0.543. The third-order valence-corrected chi connectivity index (χ3v) is 7.12. The fourth-order valence-electron chi connectivity index (χ4n) is 4.07. The van der Waals surface area contributed by atoms with Crippen molar-refractivity contribution in [2.75, 3.05) is 26.0 Å². The Morgan fingerprint density at radius 3 is 2.37 bits per heavy atom. The van der Waals surface area contributed by atoms with Crippen LogP contribution in [0.1, 0.15) is 98.3 Å². The van der Waals surface area contributed by atoms with Gasteiger partial charge in [-0.15, -0.1) is 16.2 Å². The Bertz CT molecular complexity index is 1200. The predicted octanol–water partition coefficient (Wildman–Crippen LogP) is 9.38. The van der Waals surface area contributed by atoms with Crippen molar-refractivity contribution in [2.24, 2.45) is 0 Å². The van der Waals surface area contributed by atoms with Crippen LogP contribution in [0.25, 0.3) is 10.8 Å². The molecule has 1 aromatic heterocycles. The molecule has 0 fully saturated rings. The number of hydrogen-bond donors (Lipinski definition) is 1. The maximum absolute atomic E-state index is 12.4. The van der Waals surface area contributed by atoms with E-state index in [1.807, 2.05) is 71.6 Å². The predicted molar refractivity (Wildman–Crippen MR) is 182 cm³/mol. The van der Waals surface area contributed by atoms with E-state index in [4.69, 9.17) is 9.15 Å². The summed E-state index contributed by atoms with van der Waals surface area (Å²) in [7, 11) is 2.01. The number of carbonyl (C=O) groups is 1. The van der Waals surface area contributed by atoms with E-state index in [-0.39, 0.29) is 23.5 Å². The Kier molecular flexibility index (Phi) is 24.2. The number of fused-ring (bicyclic) bond motifs is 1. The van der Waals surface area contributed by atoms with Crippen LogP contribution in [0.5, 0.6) is 5.75 Å². The number of thioether (sulfide) groups is 1. The van der Waals surface area contributed by atoms with Crippen LogP contribution in [0.15, 0.2) is 62.8 Å². The molecule has 0 bridgehead atoms. The number of Topliss-reactive ketones (excluding diaryl/α,β-unsaturated/α-hetero) is 1. The largest absolute Gasteiger partial charge is 0.487 e. The lowest BCUT2D eigenvalue weighted by Gasteiger charge is -2.14. The molecule has 242 valence electrons. The Morgan fingerprint density at radius 1 is 1.02 bits per heavy atom. The Morgan fingerprint density at radius 2 is 1.77 bits per heavy atom. The van der Waals surface area contributed by atoms with E-state index in [1.54, 1.807) is 12.5 Å². The average Bonchev–Trinajstić information content (AvgIpc) is 3.00. The highest BCUT2D eigenvalue weighted by molar-refractivity contribution is 7.99. The van der Waals surface area contributed by atoms with Gasteiger partial charge in [0.1, 0.15) is 17.8 Å². The third-order valence-electron chi connectivity index (χ3n) is 5.96. The molecule has 6 nitrogen and oxygen atoms in total. The molecule has 0 aliphatic rings. The molecule has 8 heteroatoms. The van der Waals surface area contributed by atoms with Crippen molar-refractivity contribution in [1.82, 2.24) is 10.4 Å². The molecule has 0 amide bonds. The van der Waals surface area contributed by atoms with Crippen molar-refractivity contribution in [3.63, 3.8) is 0 Å². The summed E-state index contributed by atoms with van der Waals surface area (Å²) in [5, 5.41) is 2.33. The Balaban J connectivity index is 0.00000155. The molecule has 43 heavy (non-hydrogen) atoms.